The molecule has 4 nitrogen and oxygen atoms in total. The summed E-state index contributed by atoms with van der Waals surface area (Å²) in [6, 6.07) is 24.8. The Bertz CT molecular complexity index is 1160. The summed E-state index contributed by atoms with van der Waals surface area (Å²) in [6.07, 6.45) is 0.839. The van der Waals surface area contributed by atoms with Crippen LogP contribution in [0.2, 0.25) is 5.02 Å². The lowest BCUT2D eigenvalue weighted by molar-refractivity contribution is -0.133. The molecule has 1 saturated carbocycles. The summed E-state index contributed by atoms with van der Waals surface area (Å²) >= 11 is 6.17. The van der Waals surface area contributed by atoms with Gasteiger partial charge in [0.15, 0.2) is 0 Å². The Morgan fingerprint density at radius 2 is 1.56 bits per heavy atom. The average molecular weight is 506 g/mol. The van der Waals surface area contributed by atoms with Crippen molar-refractivity contribution in [1.29, 1.82) is 0 Å². The first-order valence-corrected chi connectivity index (χ1v) is 13.1. The van der Waals surface area contributed by atoms with Crippen molar-refractivity contribution in [2.75, 3.05) is 39.8 Å². The molecule has 0 bridgehead atoms. The van der Waals surface area contributed by atoms with E-state index < -0.39 is 5.41 Å². The molecule has 1 aliphatic heterocycles. The van der Waals surface area contributed by atoms with Crippen LogP contribution in [0.4, 0.5) is 4.39 Å². The third-order valence-corrected chi connectivity index (χ3v) is 7.97. The number of carbonyl (C=O) groups excluding carboxylic acids is 1. The molecule has 6 heteroatoms. The Kier molecular flexibility index (Phi) is 7.42. The van der Waals surface area contributed by atoms with Crippen LogP contribution in [0.5, 0.6) is 0 Å². The van der Waals surface area contributed by atoms with Gasteiger partial charge in [-0.05, 0) is 53.3 Å². The summed E-state index contributed by atoms with van der Waals surface area (Å²) in [4.78, 5) is 20.7. The first kappa shape index (κ1) is 24.9. The number of piperazine rings is 1. The molecule has 2 atom stereocenters. The predicted octanol–water partition coefficient (Wildman–Crippen LogP) is 5.21. The van der Waals surface area contributed by atoms with Crippen molar-refractivity contribution in [3.8, 4) is 0 Å². The second-order valence-electron chi connectivity index (χ2n) is 10.2. The quantitative estimate of drug-likeness (QED) is 0.420. The second kappa shape index (κ2) is 10.7. The van der Waals surface area contributed by atoms with Gasteiger partial charge < -0.3 is 9.80 Å². The van der Waals surface area contributed by atoms with Crippen LogP contribution >= 0.6 is 11.6 Å². The normalized spacial score (nSPS) is 22.4. The van der Waals surface area contributed by atoms with Crippen LogP contribution in [0.25, 0.3) is 0 Å². The zero-order valence-corrected chi connectivity index (χ0v) is 21.5. The van der Waals surface area contributed by atoms with E-state index in [4.69, 9.17) is 11.6 Å². The lowest BCUT2D eigenvalue weighted by Crippen LogP contribution is -2.47. The molecule has 3 aromatic rings. The van der Waals surface area contributed by atoms with Crippen LogP contribution in [0.3, 0.4) is 0 Å². The number of hydrogen-bond acceptors (Lipinski definition) is 3. The summed E-state index contributed by atoms with van der Waals surface area (Å²) in [6.45, 7) is 6.46. The van der Waals surface area contributed by atoms with E-state index in [0.29, 0.717) is 11.6 Å². The molecule has 5 rings (SSSR count). The molecule has 2 aliphatic rings. The van der Waals surface area contributed by atoms with Crippen LogP contribution in [-0.4, -0.2) is 60.4 Å². The third kappa shape index (κ3) is 5.49. The number of halogens is 2. The zero-order chi connectivity index (χ0) is 25.1. The molecular weight excluding hydrogens is 473 g/mol. The Morgan fingerprint density at radius 3 is 2.22 bits per heavy atom. The monoisotopic (exact) mass is 505 g/mol. The number of benzene rings is 3. The molecule has 0 N–H and O–H groups in total. The average Bonchev–Trinajstić information content (AvgIpc) is 3.61. The highest BCUT2D eigenvalue weighted by Gasteiger charge is 2.61. The van der Waals surface area contributed by atoms with Crippen molar-refractivity contribution in [2.24, 2.45) is 5.92 Å². The van der Waals surface area contributed by atoms with Gasteiger partial charge in [0.1, 0.15) is 5.82 Å². The Labute approximate surface area is 218 Å². The molecule has 1 saturated heterocycles. The van der Waals surface area contributed by atoms with Gasteiger partial charge in [-0.25, -0.2) is 4.39 Å². The van der Waals surface area contributed by atoms with E-state index in [-0.39, 0.29) is 17.6 Å². The van der Waals surface area contributed by atoms with E-state index >= 15 is 0 Å². The maximum Gasteiger partial charge on any atom is 0.233 e. The maximum atomic E-state index is 13.9. The van der Waals surface area contributed by atoms with Gasteiger partial charge in [-0.15, -0.1) is 0 Å². The van der Waals surface area contributed by atoms with Crippen molar-refractivity contribution < 1.29 is 9.18 Å². The van der Waals surface area contributed by atoms with Gasteiger partial charge in [0.05, 0.1) is 5.41 Å². The topological polar surface area (TPSA) is 26.8 Å². The van der Waals surface area contributed by atoms with E-state index in [0.717, 1.165) is 56.8 Å². The van der Waals surface area contributed by atoms with Gasteiger partial charge in [0.25, 0.3) is 0 Å². The van der Waals surface area contributed by atoms with E-state index in [1.807, 2.05) is 31.3 Å². The molecule has 3 aromatic carbocycles. The largest absolute Gasteiger partial charge is 0.341 e. The molecule has 2 unspecified atom stereocenters. The van der Waals surface area contributed by atoms with E-state index in [1.54, 1.807) is 17.0 Å². The highest BCUT2D eigenvalue weighted by Crippen LogP contribution is 2.56. The smallest absolute Gasteiger partial charge is 0.233 e. The number of amides is 1. The highest BCUT2D eigenvalue weighted by atomic mass is 35.5. The van der Waals surface area contributed by atoms with Crippen LogP contribution in [0, 0.1) is 11.7 Å². The lowest BCUT2D eigenvalue weighted by Gasteiger charge is -2.35. The van der Waals surface area contributed by atoms with Crippen LogP contribution < -0.4 is 0 Å². The molecular formula is C30H33ClFN3O. The van der Waals surface area contributed by atoms with E-state index in [9.17, 15) is 9.18 Å². The highest BCUT2D eigenvalue weighted by molar-refractivity contribution is 6.30. The SMILES string of the molecule is CN(Cc1ccc(F)cc1)C(=O)C1(c2ccc(Cl)cc2)CC1CN1CCN(Cc2ccccc2)CC1. The number of likely N-dealkylation sites (N-methyl/N-ethyl adjacent to an activating group) is 1. The van der Waals surface area contributed by atoms with Crippen molar-refractivity contribution in [3.05, 3.63) is 106 Å². The summed E-state index contributed by atoms with van der Waals surface area (Å²) in [5, 5.41) is 0.674. The lowest BCUT2D eigenvalue weighted by atomic mass is 9.91. The summed E-state index contributed by atoms with van der Waals surface area (Å²) in [7, 11) is 1.85. The molecule has 0 aromatic heterocycles. The first-order chi connectivity index (χ1) is 17.4. The van der Waals surface area contributed by atoms with Crippen LogP contribution in [-0.2, 0) is 23.3 Å². The Morgan fingerprint density at radius 1 is 0.917 bits per heavy atom. The van der Waals surface area contributed by atoms with Gasteiger partial charge in [-0.2, -0.15) is 0 Å². The van der Waals surface area contributed by atoms with Crippen molar-refractivity contribution in [3.63, 3.8) is 0 Å². The number of carbonyl (C=O) groups is 1. The third-order valence-electron chi connectivity index (χ3n) is 7.72. The maximum absolute atomic E-state index is 13.9. The minimum absolute atomic E-state index is 0.127. The van der Waals surface area contributed by atoms with Crippen LogP contribution in [0.15, 0.2) is 78.9 Å². The standard InChI is InChI=1S/C30H33ClFN3O/c1-33(20-24-7-13-28(32)14-8-24)29(36)30(25-9-11-27(31)12-10-25)19-26(30)22-35-17-15-34(16-18-35)21-23-5-3-2-4-6-23/h2-14,26H,15-22H2,1H3. The fourth-order valence-electron chi connectivity index (χ4n) is 5.60. The zero-order valence-electron chi connectivity index (χ0n) is 20.7. The van der Waals surface area contributed by atoms with Gasteiger partial charge in [0.2, 0.25) is 5.91 Å². The van der Waals surface area contributed by atoms with E-state index in [1.165, 1.54) is 17.7 Å². The van der Waals surface area contributed by atoms with Gasteiger partial charge in [0, 0.05) is 57.9 Å². The van der Waals surface area contributed by atoms with Crippen molar-refractivity contribution >= 4 is 17.5 Å². The molecule has 2 fully saturated rings. The number of hydrogen-bond donors (Lipinski definition) is 0. The molecule has 36 heavy (non-hydrogen) atoms. The van der Waals surface area contributed by atoms with Gasteiger partial charge in [-0.1, -0.05) is 66.2 Å². The molecule has 188 valence electrons. The molecule has 1 aliphatic carbocycles. The van der Waals surface area contributed by atoms with E-state index in [2.05, 4.69) is 40.1 Å². The van der Waals surface area contributed by atoms with Gasteiger partial charge in [-0.3, -0.25) is 9.69 Å². The minimum Gasteiger partial charge on any atom is -0.341 e. The van der Waals surface area contributed by atoms with Crippen molar-refractivity contribution in [2.45, 2.75) is 24.9 Å². The molecule has 0 spiro atoms. The molecule has 0 radical (unpaired) electrons. The number of nitrogens with zero attached hydrogens (tertiary/aromatic N) is 3. The first-order valence-electron chi connectivity index (χ1n) is 12.7. The number of rotatable bonds is 8. The van der Waals surface area contributed by atoms with Crippen LogP contribution in [0.1, 0.15) is 23.1 Å². The fourth-order valence-corrected chi connectivity index (χ4v) is 5.72. The van der Waals surface area contributed by atoms with Crippen molar-refractivity contribution in [1.82, 2.24) is 14.7 Å². The Balaban J connectivity index is 1.25. The molecule has 1 heterocycles. The second-order valence-corrected chi connectivity index (χ2v) is 10.7. The molecule has 1 amide bonds. The summed E-state index contributed by atoms with van der Waals surface area (Å²) < 4.78 is 13.3. The summed E-state index contributed by atoms with van der Waals surface area (Å²) in [5.74, 6) is 0.126. The van der Waals surface area contributed by atoms with Gasteiger partial charge >= 0.3 is 0 Å². The Hall–Kier alpha value is -2.73. The fraction of sp³-hybridized carbons (Fsp3) is 0.367. The predicted molar refractivity (Wildman–Crippen MR) is 142 cm³/mol. The summed E-state index contributed by atoms with van der Waals surface area (Å²) in [5.41, 5.74) is 2.78. The minimum atomic E-state index is -0.527.